The molecule has 2 fully saturated rings. The van der Waals surface area contributed by atoms with E-state index in [2.05, 4.69) is 41.0 Å². The van der Waals surface area contributed by atoms with Gasteiger partial charge in [-0.05, 0) is 56.8 Å². The summed E-state index contributed by atoms with van der Waals surface area (Å²) in [5.41, 5.74) is 3.52. The van der Waals surface area contributed by atoms with Crippen molar-refractivity contribution in [1.29, 1.82) is 0 Å². The van der Waals surface area contributed by atoms with Crippen LogP contribution in [0.15, 0.2) is 54.7 Å². The van der Waals surface area contributed by atoms with Gasteiger partial charge in [0.2, 0.25) is 5.95 Å². The van der Waals surface area contributed by atoms with E-state index in [4.69, 9.17) is 0 Å². The molecule has 2 atom stereocenters. The van der Waals surface area contributed by atoms with Gasteiger partial charge in [0.05, 0.1) is 11.7 Å². The van der Waals surface area contributed by atoms with Gasteiger partial charge in [0.1, 0.15) is 0 Å². The molecule has 0 radical (unpaired) electrons. The molecule has 1 saturated carbocycles. The molecule has 0 bridgehead atoms. The van der Waals surface area contributed by atoms with Crippen molar-refractivity contribution in [2.75, 3.05) is 13.6 Å². The first kappa shape index (κ1) is 17.2. The Morgan fingerprint density at radius 1 is 1.19 bits per heavy atom. The van der Waals surface area contributed by atoms with Crippen LogP contribution in [0.5, 0.6) is 0 Å². The topological polar surface area (TPSA) is 28.2 Å². The number of nitrogens with one attached hydrogen (secondary N) is 1. The molecular weight excluding hydrogens is 325 g/mol. The molecule has 3 nitrogen and oxygen atoms in total. The molecule has 1 aliphatic heterocycles. The van der Waals surface area contributed by atoms with Gasteiger partial charge in [0.15, 0.2) is 0 Å². The van der Waals surface area contributed by atoms with E-state index in [9.17, 15) is 4.39 Å². The smallest absolute Gasteiger partial charge is 0.216 e. The van der Waals surface area contributed by atoms with Crippen LogP contribution in [0.3, 0.4) is 0 Å². The van der Waals surface area contributed by atoms with E-state index in [0.717, 1.165) is 42.6 Å². The van der Waals surface area contributed by atoms with Crippen molar-refractivity contribution in [2.24, 2.45) is 0 Å². The van der Waals surface area contributed by atoms with Gasteiger partial charge in [0.25, 0.3) is 0 Å². The molecule has 1 saturated heterocycles. The number of nitrogens with zero attached hydrogens (tertiary/aromatic N) is 2. The van der Waals surface area contributed by atoms with Crippen molar-refractivity contribution >= 4 is 0 Å². The number of benzene rings is 1. The summed E-state index contributed by atoms with van der Waals surface area (Å²) in [4.78, 5) is 6.65. The van der Waals surface area contributed by atoms with Crippen molar-refractivity contribution in [3.05, 3.63) is 77.5 Å². The maximum Gasteiger partial charge on any atom is 0.216 e. The Kier molecular flexibility index (Phi) is 4.77. The van der Waals surface area contributed by atoms with E-state index >= 15 is 0 Å². The Hall–Kier alpha value is -2.20. The Balaban J connectivity index is 1.63. The molecule has 2 heterocycles. The van der Waals surface area contributed by atoms with Crippen LogP contribution in [0.2, 0.25) is 0 Å². The van der Waals surface area contributed by atoms with Crippen LogP contribution < -0.4 is 5.32 Å². The maximum atomic E-state index is 14.5. The third-order valence-corrected chi connectivity index (χ3v) is 5.60. The molecule has 1 aliphatic carbocycles. The van der Waals surface area contributed by atoms with Crippen LogP contribution in [0.25, 0.3) is 0 Å². The minimum absolute atomic E-state index is 0.194. The molecule has 1 aromatic carbocycles. The molecular formula is C22H26FN3. The van der Waals surface area contributed by atoms with Gasteiger partial charge in [0, 0.05) is 17.3 Å². The number of rotatable bonds is 6. The average Bonchev–Trinajstić information content (AvgIpc) is 3.40. The van der Waals surface area contributed by atoms with Crippen molar-refractivity contribution in [3.63, 3.8) is 0 Å². The Labute approximate surface area is 154 Å². The number of likely N-dealkylation sites (N-methyl/N-ethyl adjacent to an activating group) is 1. The van der Waals surface area contributed by atoms with Gasteiger partial charge >= 0.3 is 0 Å². The van der Waals surface area contributed by atoms with Crippen LogP contribution in [0.4, 0.5) is 4.39 Å². The Bertz CT molecular complexity index is 785. The van der Waals surface area contributed by atoms with Crippen molar-refractivity contribution < 1.29 is 4.39 Å². The van der Waals surface area contributed by atoms with E-state index in [1.165, 1.54) is 6.42 Å². The van der Waals surface area contributed by atoms with Crippen LogP contribution in [-0.2, 0) is 0 Å². The molecule has 2 aliphatic rings. The number of hydrogen-bond acceptors (Lipinski definition) is 3. The lowest BCUT2D eigenvalue weighted by Gasteiger charge is -2.28. The quantitative estimate of drug-likeness (QED) is 0.783. The highest BCUT2D eigenvalue weighted by molar-refractivity contribution is 5.32. The third kappa shape index (κ3) is 3.51. The molecule has 1 aromatic heterocycles. The summed E-state index contributed by atoms with van der Waals surface area (Å²) >= 11 is 0. The minimum atomic E-state index is -0.323. The SMILES string of the molecule is C=C(N[C@@H](c1ccccc1)c1ccc(C2CC2)c(F)n1)C1CCCN1C. The summed E-state index contributed by atoms with van der Waals surface area (Å²) in [6.07, 6.45) is 4.43. The average molecular weight is 351 g/mol. The fourth-order valence-corrected chi connectivity index (χ4v) is 3.92. The second-order valence-electron chi connectivity index (χ2n) is 7.54. The van der Waals surface area contributed by atoms with E-state index in [0.29, 0.717) is 17.7 Å². The molecule has 4 heteroatoms. The lowest BCUT2D eigenvalue weighted by atomic mass is 10.0. The molecule has 1 unspecified atom stereocenters. The molecule has 2 aromatic rings. The largest absolute Gasteiger partial charge is 0.375 e. The zero-order valence-electron chi connectivity index (χ0n) is 15.3. The first-order valence-electron chi connectivity index (χ1n) is 9.50. The van der Waals surface area contributed by atoms with Crippen molar-refractivity contribution in [1.82, 2.24) is 15.2 Å². The molecule has 26 heavy (non-hydrogen) atoms. The predicted octanol–water partition coefficient (Wildman–Crippen LogP) is 4.39. The van der Waals surface area contributed by atoms with Gasteiger partial charge in [-0.1, -0.05) is 43.0 Å². The highest BCUT2D eigenvalue weighted by Gasteiger charge is 2.29. The standard InChI is InChI=1S/C22H26FN3/c1-15(20-9-6-14-26(20)2)24-21(17-7-4-3-5-8-17)19-13-12-18(16-10-11-16)22(23)25-19/h3-5,7-8,12-13,16,20-21,24H,1,6,9-11,14H2,2H3/t20?,21-/m0/s1. The fraction of sp³-hybridized carbons (Fsp3) is 0.409. The Morgan fingerprint density at radius 3 is 2.58 bits per heavy atom. The van der Waals surface area contributed by atoms with Gasteiger partial charge in [-0.3, -0.25) is 4.90 Å². The number of aromatic nitrogens is 1. The summed E-state index contributed by atoms with van der Waals surface area (Å²) in [5.74, 6) is 0.0399. The highest BCUT2D eigenvalue weighted by atomic mass is 19.1. The Morgan fingerprint density at radius 2 is 1.96 bits per heavy atom. The normalized spacial score (nSPS) is 21.5. The van der Waals surface area contributed by atoms with E-state index < -0.39 is 0 Å². The number of halogens is 1. The number of pyridine rings is 1. The van der Waals surface area contributed by atoms with Crippen LogP contribution in [-0.4, -0.2) is 29.5 Å². The predicted molar refractivity (Wildman–Crippen MR) is 102 cm³/mol. The monoisotopic (exact) mass is 351 g/mol. The molecule has 0 spiro atoms. The van der Waals surface area contributed by atoms with Crippen LogP contribution in [0, 0.1) is 5.95 Å². The number of likely N-dealkylation sites (tertiary alicyclic amines) is 1. The fourth-order valence-electron chi connectivity index (χ4n) is 3.92. The molecule has 1 N–H and O–H groups in total. The first-order valence-corrected chi connectivity index (χ1v) is 9.50. The van der Waals surface area contributed by atoms with Crippen LogP contribution in [0.1, 0.15) is 54.5 Å². The second-order valence-corrected chi connectivity index (χ2v) is 7.54. The summed E-state index contributed by atoms with van der Waals surface area (Å²) in [5, 5.41) is 3.55. The summed E-state index contributed by atoms with van der Waals surface area (Å²) in [6, 6.07) is 14.1. The van der Waals surface area contributed by atoms with E-state index in [1.54, 1.807) is 0 Å². The van der Waals surface area contributed by atoms with Gasteiger partial charge in [-0.2, -0.15) is 4.39 Å². The summed E-state index contributed by atoms with van der Waals surface area (Å²) < 4.78 is 14.5. The zero-order valence-corrected chi connectivity index (χ0v) is 15.3. The molecule has 0 amide bonds. The first-order chi connectivity index (χ1) is 12.6. The zero-order chi connectivity index (χ0) is 18.1. The molecule has 4 rings (SSSR count). The lowest BCUT2D eigenvalue weighted by molar-refractivity contribution is 0.330. The van der Waals surface area contributed by atoms with Crippen LogP contribution >= 0.6 is 0 Å². The minimum Gasteiger partial charge on any atom is -0.375 e. The van der Waals surface area contributed by atoms with Gasteiger partial charge in [-0.15, -0.1) is 0 Å². The summed E-state index contributed by atoms with van der Waals surface area (Å²) in [6.45, 7) is 5.37. The maximum absolute atomic E-state index is 14.5. The van der Waals surface area contributed by atoms with Crippen molar-refractivity contribution in [2.45, 2.75) is 43.7 Å². The second kappa shape index (κ2) is 7.20. The van der Waals surface area contributed by atoms with Crippen molar-refractivity contribution in [3.8, 4) is 0 Å². The summed E-state index contributed by atoms with van der Waals surface area (Å²) in [7, 11) is 2.13. The third-order valence-electron chi connectivity index (χ3n) is 5.60. The van der Waals surface area contributed by atoms with E-state index in [1.807, 2.05) is 30.3 Å². The van der Waals surface area contributed by atoms with Gasteiger partial charge < -0.3 is 5.32 Å². The lowest BCUT2D eigenvalue weighted by Crippen LogP contribution is -2.35. The van der Waals surface area contributed by atoms with Gasteiger partial charge in [-0.25, -0.2) is 4.98 Å². The van der Waals surface area contributed by atoms with E-state index in [-0.39, 0.29) is 12.0 Å². The highest BCUT2D eigenvalue weighted by Crippen LogP contribution is 2.41. The number of hydrogen-bond donors (Lipinski definition) is 1. The molecule has 136 valence electrons.